The molecule has 1 aromatic heterocycles. The molecule has 1 unspecified atom stereocenters. The molecule has 0 radical (unpaired) electrons. The molecule has 1 heterocycles. The number of nitrogens with zero attached hydrogens (tertiary/aromatic N) is 3. The van der Waals surface area contributed by atoms with Crippen LogP contribution in [0.3, 0.4) is 0 Å². The van der Waals surface area contributed by atoms with Gasteiger partial charge in [0.25, 0.3) is 5.56 Å². The van der Waals surface area contributed by atoms with E-state index in [1.807, 2.05) is 0 Å². The lowest BCUT2D eigenvalue weighted by atomic mass is 9.83. The average molecular weight is 485 g/mol. The predicted octanol–water partition coefficient (Wildman–Crippen LogP) is 5.00. The van der Waals surface area contributed by atoms with Crippen molar-refractivity contribution in [1.82, 2.24) is 14.9 Å². The number of nitrogens with one attached hydrogen (secondary N) is 1. The van der Waals surface area contributed by atoms with Crippen molar-refractivity contribution in [2.24, 2.45) is 0 Å². The molecule has 2 aromatic carbocycles. The molecule has 0 spiro atoms. The quantitative estimate of drug-likeness (QED) is 0.406. The highest BCUT2D eigenvalue weighted by atomic mass is 35.5. The Bertz CT molecular complexity index is 1310. The topological polar surface area (TPSA) is 87.8 Å². The first-order chi connectivity index (χ1) is 15.8. The first kappa shape index (κ1) is 23.3. The van der Waals surface area contributed by atoms with Crippen LogP contribution in [-0.2, 0) is 4.79 Å². The van der Waals surface area contributed by atoms with Gasteiger partial charge in [0, 0.05) is 0 Å². The Morgan fingerprint density at radius 3 is 2.70 bits per heavy atom. The molecule has 4 rings (SSSR count). The number of carbonyl (C=O) groups excluding carboxylic acids is 1. The average Bonchev–Trinajstić information content (AvgIpc) is 2.82. The van der Waals surface area contributed by atoms with Crippen LogP contribution in [0.1, 0.15) is 39.0 Å². The van der Waals surface area contributed by atoms with Crippen molar-refractivity contribution in [2.75, 3.05) is 0 Å². The predicted molar refractivity (Wildman–Crippen MR) is 127 cm³/mol. The molecule has 9 heteroatoms. The Morgan fingerprint density at radius 1 is 1.27 bits per heavy atom. The van der Waals surface area contributed by atoms with Gasteiger partial charge in [-0.2, -0.15) is 5.26 Å². The number of thioether (sulfide) groups is 1. The molecule has 1 atom stereocenters. The Labute approximate surface area is 199 Å². The summed E-state index contributed by atoms with van der Waals surface area (Å²) in [7, 11) is 0. The molecule has 0 aliphatic heterocycles. The van der Waals surface area contributed by atoms with Crippen LogP contribution >= 0.6 is 23.4 Å². The summed E-state index contributed by atoms with van der Waals surface area (Å²) in [5.41, 5.74) is -0.368. The van der Waals surface area contributed by atoms with Gasteiger partial charge >= 0.3 is 0 Å². The Kier molecular flexibility index (Phi) is 6.73. The monoisotopic (exact) mass is 484 g/mol. The van der Waals surface area contributed by atoms with Gasteiger partial charge in [-0.25, -0.2) is 9.37 Å². The molecule has 33 heavy (non-hydrogen) atoms. The summed E-state index contributed by atoms with van der Waals surface area (Å²) in [5, 5.41) is 12.5. The highest BCUT2D eigenvalue weighted by Gasteiger charge is 2.35. The van der Waals surface area contributed by atoms with Gasteiger partial charge in [0.15, 0.2) is 5.16 Å². The number of hydrogen-bond acceptors (Lipinski definition) is 5. The van der Waals surface area contributed by atoms with E-state index in [0.29, 0.717) is 29.4 Å². The maximum Gasteiger partial charge on any atom is 0.266 e. The second-order valence-corrected chi connectivity index (χ2v) is 9.87. The normalized spacial score (nSPS) is 16.2. The van der Waals surface area contributed by atoms with Gasteiger partial charge in [0.2, 0.25) is 5.91 Å². The number of hydrogen-bond donors (Lipinski definition) is 1. The molecule has 1 fully saturated rings. The van der Waals surface area contributed by atoms with E-state index in [1.165, 1.54) is 22.8 Å². The largest absolute Gasteiger partial charge is 0.337 e. The van der Waals surface area contributed by atoms with Crippen LogP contribution in [0.25, 0.3) is 16.6 Å². The minimum Gasteiger partial charge on any atom is -0.337 e. The minimum absolute atomic E-state index is 0.123. The van der Waals surface area contributed by atoms with Gasteiger partial charge in [-0.05, 0) is 50.1 Å². The molecule has 0 saturated heterocycles. The summed E-state index contributed by atoms with van der Waals surface area (Å²) >= 11 is 7.07. The zero-order valence-corrected chi connectivity index (χ0v) is 19.5. The first-order valence-corrected chi connectivity index (χ1v) is 12.0. The highest BCUT2D eigenvalue weighted by molar-refractivity contribution is 8.00. The van der Waals surface area contributed by atoms with Crippen molar-refractivity contribution in [1.29, 1.82) is 5.26 Å². The van der Waals surface area contributed by atoms with Crippen molar-refractivity contribution < 1.29 is 9.18 Å². The van der Waals surface area contributed by atoms with Crippen molar-refractivity contribution in [3.63, 3.8) is 0 Å². The van der Waals surface area contributed by atoms with E-state index < -0.39 is 16.6 Å². The fourth-order valence-electron chi connectivity index (χ4n) is 4.01. The van der Waals surface area contributed by atoms with Crippen molar-refractivity contribution >= 4 is 40.2 Å². The van der Waals surface area contributed by atoms with Gasteiger partial charge in [-0.1, -0.05) is 54.8 Å². The second kappa shape index (κ2) is 9.54. The number of aromatic nitrogens is 2. The summed E-state index contributed by atoms with van der Waals surface area (Å²) in [4.78, 5) is 31.0. The van der Waals surface area contributed by atoms with Crippen LogP contribution in [0.5, 0.6) is 0 Å². The summed E-state index contributed by atoms with van der Waals surface area (Å²) in [6, 6.07) is 13.2. The molecule has 3 aromatic rings. The van der Waals surface area contributed by atoms with E-state index in [-0.39, 0.29) is 21.6 Å². The molecule has 1 aliphatic carbocycles. The van der Waals surface area contributed by atoms with Crippen LogP contribution in [0.2, 0.25) is 5.02 Å². The third-order valence-electron chi connectivity index (χ3n) is 5.84. The lowest BCUT2D eigenvalue weighted by Crippen LogP contribution is -2.51. The number of halogens is 2. The van der Waals surface area contributed by atoms with Crippen LogP contribution in [0.4, 0.5) is 4.39 Å². The number of nitriles is 1. The summed E-state index contributed by atoms with van der Waals surface area (Å²) in [6.07, 6.45) is 4.09. The van der Waals surface area contributed by atoms with Gasteiger partial charge in [0.1, 0.15) is 11.4 Å². The first-order valence-electron chi connectivity index (χ1n) is 10.7. The number of amides is 1. The molecule has 1 saturated carbocycles. The summed E-state index contributed by atoms with van der Waals surface area (Å²) in [5.74, 6) is -0.895. The molecule has 1 amide bonds. The van der Waals surface area contributed by atoms with Gasteiger partial charge in [-0.15, -0.1) is 0 Å². The summed E-state index contributed by atoms with van der Waals surface area (Å²) in [6.45, 7) is 1.71. The van der Waals surface area contributed by atoms with Gasteiger partial charge < -0.3 is 5.32 Å². The minimum atomic E-state index is -0.856. The number of fused-ring (bicyclic) bond motifs is 1. The zero-order valence-electron chi connectivity index (χ0n) is 18.0. The van der Waals surface area contributed by atoms with Crippen LogP contribution in [0, 0.1) is 17.1 Å². The third-order valence-corrected chi connectivity index (χ3v) is 7.18. The van der Waals surface area contributed by atoms with Crippen LogP contribution in [-0.4, -0.2) is 26.2 Å². The van der Waals surface area contributed by atoms with E-state index in [2.05, 4.69) is 16.4 Å². The molecule has 1 N–H and O–H groups in total. The van der Waals surface area contributed by atoms with E-state index >= 15 is 0 Å². The standard InChI is InChI=1S/C24H22ClFN4O2S/c1-15(21(31)29-24(14-27)11-5-2-6-12-24)33-23-28-20-8-4-3-7-17(20)22(32)30(23)16-9-10-19(26)18(25)13-16/h3-4,7-10,13,15H,2,5-6,11-12H2,1H3,(H,29,31). The van der Waals surface area contributed by atoms with Crippen molar-refractivity contribution in [3.05, 3.63) is 63.7 Å². The Balaban J connectivity index is 1.72. The molecule has 170 valence electrons. The maximum atomic E-state index is 13.8. The van der Waals surface area contributed by atoms with Gasteiger partial charge in [-0.3, -0.25) is 14.2 Å². The molecule has 1 aliphatic rings. The lowest BCUT2D eigenvalue weighted by Gasteiger charge is -2.32. The SMILES string of the molecule is CC(Sc1nc2ccccc2c(=O)n1-c1ccc(F)c(Cl)c1)C(=O)NC1(C#N)CCCCC1. The van der Waals surface area contributed by atoms with E-state index in [9.17, 15) is 19.2 Å². The maximum absolute atomic E-state index is 13.8. The van der Waals surface area contributed by atoms with Gasteiger partial charge in [0.05, 0.1) is 32.9 Å². The fourth-order valence-corrected chi connectivity index (χ4v) is 5.11. The molecule has 0 bridgehead atoms. The lowest BCUT2D eigenvalue weighted by molar-refractivity contribution is -0.121. The smallest absolute Gasteiger partial charge is 0.266 e. The number of benzene rings is 2. The van der Waals surface area contributed by atoms with E-state index in [1.54, 1.807) is 31.2 Å². The Hall–Kier alpha value is -2.89. The third kappa shape index (κ3) is 4.75. The Morgan fingerprint density at radius 2 is 2.00 bits per heavy atom. The van der Waals surface area contributed by atoms with Crippen molar-refractivity contribution in [3.8, 4) is 11.8 Å². The van der Waals surface area contributed by atoms with E-state index in [0.717, 1.165) is 31.0 Å². The zero-order chi connectivity index (χ0) is 23.6. The van der Waals surface area contributed by atoms with Crippen LogP contribution < -0.4 is 10.9 Å². The summed E-state index contributed by atoms with van der Waals surface area (Å²) < 4.78 is 15.1. The molecule has 6 nitrogen and oxygen atoms in total. The van der Waals surface area contributed by atoms with E-state index in [4.69, 9.17) is 11.6 Å². The highest BCUT2D eigenvalue weighted by Crippen LogP contribution is 2.30. The number of carbonyl (C=O) groups is 1. The second-order valence-electron chi connectivity index (χ2n) is 8.15. The van der Waals surface area contributed by atoms with Crippen molar-refractivity contribution in [2.45, 2.75) is 55.0 Å². The number of rotatable bonds is 5. The fraction of sp³-hybridized carbons (Fsp3) is 0.333. The molecular weight excluding hydrogens is 463 g/mol. The molecular formula is C24H22ClFN4O2S. The number of para-hydroxylation sites is 1. The van der Waals surface area contributed by atoms with Crippen LogP contribution in [0.15, 0.2) is 52.4 Å².